The van der Waals surface area contributed by atoms with Crippen molar-refractivity contribution in [2.75, 3.05) is 0 Å². The average Bonchev–Trinajstić information content (AvgIpc) is 3.04. The van der Waals surface area contributed by atoms with Gasteiger partial charge in [-0.05, 0) is 52.3 Å². The Balaban J connectivity index is 1.81. The van der Waals surface area contributed by atoms with Gasteiger partial charge in [0.05, 0.1) is 0 Å². The Hall–Kier alpha value is -1.93. The number of nitrogens with zero attached hydrogens (tertiary/aromatic N) is 1. The number of pyridine rings is 1. The zero-order chi connectivity index (χ0) is 12.7. The number of hydrogen-bond donors (Lipinski definition) is 0. The number of benzene rings is 1. The van der Waals surface area contributed by atoms with Crippen LogP contribution in [-0.2, 0) is 6.42 Å². The van der Waals surface area contributed by atoms with Crippen molar-refractivity contribution >= 4 is 11.3 Å². The summed E-state index contributed by atoms with van der Waals surface area (Å²) in [7, 11) is 0. The van der Waals surface area contributed by atoms with Gasteiger partial charge in [0.1, 0.15) is 0 Å². The topological polar surface area (TPSA) is 12.9 Å². The third-order valence-electron chi connectivity index (χ3n) is 3.84. The molecule has 1 aliphatic rings. The molecule has 0 saturated carbocycles. The number of rotatable bonds is 2. The summed E-state index contributed by atoms with van der Waals surface area (Å²) in [5.41, 5.74) is 5.74. The summed E-state index contributed by atoms with van der Waals surface area (Å²) >= 11 is 1.86. The molecule has 92 valence electrons. The minimum atomic E-state index is 0.500. The minimum Gasteiger partial charge on any atom is -0.265 e. The molecule has 1 unspecified atom stereocenters. The van der Waals surface area contributed by atoms with Gasteiger partial charge in [0.2, 0.25) is 0 Å². The van der Waals surface area contributed by atoms with Crippen LogP contribution in [0.15, 0.2) is 60.2 Å². The lowest BCUT2D eigenvalue weighted by Gasteiger charge is -2.12. The van der Waals surface area contributed by atoms with Crippen LogP contribution in [0.5, 0.6) is 0 Å². The lowest BCUT2D eigenvalue weighted by Crippen LogP contribution is -2.00. The van der Waals surface area contributed by atoms with Crippen LogP contribution in [-0.4, -0.2) is 4.98 Å². The Morgan fingerprint density at radius 3 is 2.68 bits per heavy atom. The molecular weight excluding hydrogens is 250 g/mol. The van der Waals surface area contributed by atoms with Gasteiger partial charge in [-0.15, -0.1) is 11.3 Å². The van der Waals surface area contributed by atoms with E-state index in [0.717, 1.165) is 6.42 Å². The molecule has 0 radical (unpaired) electrons. The summed E-state index contributed by atoms with van der Waals surface area (Å²) in [4.78, 5) is 5.55. The van der Waals surface area contributed by atoms with Gasteiger partial charge in [-0.3, -0.25) is 4.98 Å². The first-order chi connectivity index (χ1) is 9.43. The van der Waals surface area contributed by atoms with Gasteiger partial charge in [-0.1, -0.05) is 24.3 Å². The normalized spacial score (nSPS) is 16.1. The van der Waals surface area contributed by atoms with E-state index in [2.05, 4.69) is 52.8 Å². The van der Waals surface area contributed by atoms with Crippen LogP contribution in [0.4, 0.5) is 0 Å². The Morgan fingerprint density at radius 1 is 0.947 bits per heavy atom. The van der Waals surface area contributed by atoms with Crippen LogP contribution < -0.4 is 0 Å². The minimum absolute atomic E-state index is 0.500. The van der Waals surface area contributed by atoms with E-state index in [-0.39, 0.29) is 0 Å². The van der Waals surface area contributed by atoms with E-state index in [9.17, 15) is 0 Å². The first kappa shape index (κ1) is 10.9. The van der Waals surface area contributed by atoms with Crippen molar-refractivity contribution in [1.29, 1.82) is 0 Å². The predicted octanol–water partition coefficient (Wildman–Crippen LogP) is 4.50. The third kappa shape index (κ3) is 1.71. The maximum absolute atomic E-state index is 4.10. The highest BCUT2D eigenvalue weighted by Gasteiger charge is 2.29. The first-order valence-electron chi connectivity index (χ1n) is 6.49. The van der Waals surface area contributed by atoms with E-state index in [0.29, 0.717) is 5.92 Å². The summed E-state index contributed by atoms with van der Waals surface area (Å²) in [6.45, 7) is 0. The quantitative estimate of drug-likeness (QED) is 0.663. The van der Waals surface area contributed by atoms with Crippen LogP contribution in [0.25, 0.3) is 10.4 Å². The molecule has 1 nitrogen and oxygen atoms in total. The maximum Gasteiger partial charge on any atom is 0.0384 e. The Bertz CT molecular complexity index is 715. The molecule has 0 bridgehead atoms. The SMILES string of the molecule is c1ccc2c(c1)-c1sccc1C2Cc1ccncc1. The van der Waals surface area contributed by atoms with Crippen molar-refractivity contribution in [3.05, 3.63) is 76.9 Å². The van der Waals surface area contributed by atoms with E-state index in [1.807, 2.05) is 23.7 Å². The van der Waals surface area contributed by atoms with Gasteiger partial charge >= 0.3 is 0 Å². The fourth-order valence-corrected chi connectivity index (χ4v) is 3.97. The molecule has 1 aromatic carbocycles. The van der Waals surface area contributed by atoms with Crippen LogP contribution in [0, 0.1) is 0 Å². The Kier molecular flexibility index (Phi) is 2.49. The van der Waals surface area contributed by atoms with E-state index in [1.54, 1.807) is 0 Å². The second kappa shape index (κ2) is 4.32. The summed E-state index contributed by atoms with van der Waals surface area (Å²) < 4.78 is 0. The second-order valence-corrected chi connectivity index (χ2v) is 5.82. The van der Waals surface area contributed by atoms with Gasteiger partial charge in [0.25, 0.3) is 0 Å². The molecule has 1 aliphatic carbocycles. The van der Waals surface area contributed by atoms with Crippen molar-refractivity contribution in [3.63, 3.8) is 0 Å². The molecular formula is C17H13NS. The fraction of sp³-hybridized carbons (Fsp3) is 0.118. The first-order valence-corrected chi connectivity index (χ1v) is 7.37. The van der Waals surface area contributed by atoms with Gasteiger partial charge < -0.3 is 0 Å². The standard InChI is InChI=1S/C17H13NS/c1-2-4-14-13(3-1)16(15-7-10-19-17(14)15)11-12-5-8-18-9-6-12/h1-10,16H,11H2. The molecule has 3 aromatic rings. The molecule has 4 rings (SSSR count). The largest absolute Gasteiger partial charge is 0.265 e. The van der Waals surface area contributed by atoms with Crippen molar-refractivity contribution in [2.45, 2.75) is 12.3 Å². The summed E-state index contributed by atoms with van der Waals surface area (Å²) in [5, 5.41) is 2.21. The van der Waals surface area contributed by atoms with Crippen molar-refractivity contribution in [2.24, 2.45) is 0 Å². The number of hydrogen-bond acceptors (Lipinski definition) is 2. The Labute approximate surface area is 116 Å². The smallest absolute Gasteiger partial charge is 0.0384 e. The molecule has 0 fully saturated rings. The third-order valence-corrected chi connectivity index (χ3v) is 4.80. The number of fused-ring (bicyclic) bond motifs is 3. The molecule has 19 heavy (non-hydrogen) atoms. The van der Waals surface area contributed by atoms with Crippen LogP contribution in [0.1, 0.15) is 22.6 Å². The average molecular weight is 263 g/mol. The summed E-state index contributed by atoms with van der Waals surface area (Å²) in [6, 6.07) is 15.3. The molecule has 1 atom stereocenters. The molecule has 0 amide bonds. The van der Waals surface area contributed by atoms with Crippen molar-refractivity contribution in [1.82, 2.24) is 4.98 Å². The number of aromatic nitrogens is 1. The molecule has 2 heterocycles. The summed E-state index contributed by atoms with van der Waals surface area (Å²) in [6.07, 6.45) is 4.82. The number of thiophene rings is 1. The summed E-state index contributed by atoms with van der Waals surface area (Å²) in [5.74, 6) is 0.500. The predicted molar refractivity (Wildman–Crippen MR) is 79.5 cm³/mol. The molecule has 0 spiro atoms. The van der Waals surface area contributed by atoms with E-state index < -0.39 is 0 Å². The molecule has 0 saturated heterocycles. The zero-order valence-corrected chi connectivity index (χ0v) is 11.2. The highest BCUT2D eigenvalue weighted by Crippen LogP contribution is 2.48. The highest BCUT2D eigenvalue weighted by atomic mass is 32.1. The molecule has 0 aliphatic heterocycles. The fourth-order valence-electron chi connectivity index (χ4n) is 2.96. The second-order valence-electron chi connectivity index (χ2n) is 4.90. The lowest BCUT2D eigenvalue weighted by atomic mass is 9.91. The van der Waals surface area contributed by atoms with Crippen LogP contribution in [0.2, 0.25) is 0 Å². The van der Waals surface area contributed by atoms with E-state index >= 15 is 0 Å². The van der Waals surface area contributed by atoms with Crippen molar-refractivity contribution < 1.29 is 0 Å². The monoisotopic (exact) mass is 263 g/mol. The highest BCUT2D eigenvalue weighted by molar-refractivity contribution is 7.13. The van der Waals surface area contributed by atoms with E-state index in [4.69, 9.17) is 0 Å². The lowest BCUT2D eigenvalue weighted by molar-refractivity contribution is 0.827. The van der Waals surface area contributed by atoms with Crippen molar-refractivity contribution in [3.8, 4) is 10.4 Å². The molecule has 2 aromatic heterocycles. The van der Waals surface area contributed by atoms with Crippen LogP contribution in [0.3, 0.4) is 0 Å². The van der Waals surface area contributed by atoms with Gasteiger partial charge in [0.15, 0.2) is 0 Å². The van der Waals surface area contributed by atoms with Gasteiger partial charge in [-0.25, -0.2) is 0 Å². The zero-order valence-electron chi connectivity index (χ0n) is 10.4. The maximum atomic E-state index is 4.10. The van der Waals surface area contributed by atoms with Gasteiger partial charge in [-0.2, -0.15) is 0 Å². The Morgan fingerprint density at radius 2 is 1.79 bits per heavy atom. The molecule has 0 N–H and O–H groups in total. The van der Waals surface area contributed by atoms with Gasteiger partial charge in [0, 0.05) is 23.2 Å². The van der Waals surface area contributed by atoms with E-state index in [1.165, 1.54) is 27.1 Å². The van der Waals surface area contributed by atoms with Crippen LogP contribution >= 0.6 is 11.3 Å². The molecule has 2 heteroatoms.